The Morgan fingerprint density at radius 3 is 2.21 bits per heavy atom. The van der Waals surface area contributed by atoms with Crippen LogP contribution in [0.15, 0.2) is 29.2 Å². The van der Waals surface area contributed by atoms with Gasteiger partial charge in [-0.1, -0.05) is 13.8 Å². The molecule has 1 aliphatic rings. The second kappa shape index (κ2) is 9.69. The summed E-state index contributed by atoms with van der Waals surface area (Å²) in [7, 11) is -3.68. The molecule has 1 heterocycles. The topological polar surface area (TPSA) is 102 Å². The fourth-order valence-corrected chi connectivity index (χ4v) is 4.51. The molecule has 0 aliphatic carbocycles. The van der Waals surface area contributed by atoms with E-state index >= 15 is 0 Å². The molecule has 29 heavy (non-hydrogen) atoms. The van der Waals surface area contributed by atoms with Crippen LogP contribution < -0.4 is 5.32 Å². The Kier molecular flexibility index (Phi) is 7.79. The molecule has 1 aliphatic heterocycles. The van der Waals surface area contributed by atoms with Crippen LogP contribution in [0.25, 0.3) is 0 Å². The maximum absolute atomic E-state index is 12.8. The zero-order chi connectivity index (χ0) is 21.8. The zero-order valence-corrected chi connectivity index (χ0v) is 18.4. The molecule has 1 amide bonds. The Bertz CT molecular complexity index is 812. The highest BCUT2D eigenvalue weighted by atomic mass is 32.2. The number of ether oxygens (including phenoxy) is 2. The Morgan fingerprint density at radius 2 is 1.69 bits per heavy atom. The van der Waals surface area contributed by atoms with Crippen LogP contribution in [0.4, 0.5) is 0 Å². The van der Waals surface area contributed by atoms with Gasteiger partial charge in [0.25, 0.3) is 5.91 Å². The van der Waals surface area contributed by atoms with E-state index in [9.17, 15) is 18.0 Å². The van der Waals surface area contributed by atoms with Gasteiger partial charge in [-0.25, -0.2) is 13.2 Å². The van der Waals surface area contributed by atoms with Crippen molar-refractivity contribution in [2.75, 3.05) is 19.7 Å². The van der Waals surface area contributed by atoms with Gasteiger partial charge in [0.2, 0.25) is 10.0 Å². The number of sulfonamides is 1. The lowest BCUT2D eigenvalue weighted by molar-refractivity contribution is -0.125. The molecule has 8 nitrogen and oxygen atoms in total. The van der Waals surface area contributed by atoms with E-state index in [2.05, 4.69) is 5.32 Å². The molecule has 1 fully saturated rings. The molecule has 1 N–H and O–H groups in total. The van der Waals surface area contributed by atoms with Crippen LogP contribution >= 0.6 is 0 Å². The monoisotopic (exact) mass is 426 g/mol. The van der Waals surface area contributed by atoms with Crippen LogP contribution in [-0.2, 0) is 24.3 Å². The molecule has 1 aromatic carbocycles. The van der Waals surface area contributed by atoms with Gasteiger partial charge in [-0.2, -0.15) is 4.31 Å². The van der Waals surface area contributed by atoms with Gasteiger partial charge in [0, 0.05) is 19.1 Å². The average molecular weight is 427 g/mol. The molecule has 3 atom stereocenters. The minimum atomic E-state index is -3.68. The second-order valence-corrected chi connectivity index (χ2v) is 9.72. The van der Waals surface area contributed by atoms with Crippen LogP contribution in [0.1, 0.15) is 45.0 Å². The number of esters is 1. The third kappa shape index (κ3) is 6.25. The summed E-state index contributed by atoms with van der Waals surface area (Å²) in [4.78, 5) is 24.1. The highest BCUT2D eigenvalue weighted by Gasteiger charge is 2.32. The van der Waals surface area contributed by atoms with Crippen molar-refractivity contribution in [2.24, 2.45) is 5.92 Å². The van der Waals surface area contributed by atoms with Gasteiger partial charge >= 0.3 is 5.97 Å². The lowest BCUT2D eigenvalue weighted by atomic mass is 10.1. The molecule has 0 saturated carbocycles. The minimum Gasteiger partial charge on any atom is -0.452 e. The van der Waals surface area contributed by atoms with Gasteiger partial charge in [0.05, 0.1) is 22.7 Å². The number of rotatable bonds is 7. The van der Waals surface area contributed by atoms with E-state index in [1.54, 1.807) is 0 Å². The van der Waals surface area contributed by atoms with E-state index in [0.717, 1.165) is 0 Å². The second-order valence-electron chi connectivity index (χ2n) is 7.78. The van der Waals surface area contributed by atoms with E-state index in [1.807, 2.05) is 34.6 Å². The van der Waals surface area contributed by atoms with Crippen LogP contribution in [0.2, 0.25) is 0 Å². The van der Waals surface area contributed by atoms with Crippen molar-refractivity contribution >= 4 is 21.9 Å². The van der Waals surface area contributed by atoms with Crippen LogP contribution in [0.3, 0.4) is 0 Å². The molecule has 0 bridgehead atoms. The first-order valence-electron chi connectivity index (χ1n) is 9.73. The minimum absolute atomic E-state index is 0.0312. The lowest BCUT2D eigenvalue weighted by Gasteiger charge is -2.34. The summed E-state index contributed by atoms with van der Waals surface area (Å²) in [6.45, 7) is 9.65. The molecule has 1 aromatic rings. The Balaban J connectivity index is 1.98. The molecule has 162 valence electrons. The first-order chi connectivity index (χ1) is 13.5. The first kappa shape index (κ1) is 23.3. The Labute approximate surface area is 172 Å². The molecule has 0 unspecified atom stereocenters. The summed E-state index contributed by atoms with van der Waals surface area (Å²) in [5.74, 6) is -0.800. The molecule has 2 rings (SSSR count). The summed E-state index contributed by atoms with van der Waals surface area (Å²) in [6.07, 6.45) is -0.375. The van der Waals surface area contributed by atoms with E-state index in [1.165, 1.54) is 28.6 Å². The number of nitrogens with one attached hydrogen (secondary N) is 1. The van der Waals surface area contributed by atoms with Crippen molar-refractivity contribution < 1.29 is 27.5 Å². The number of carbonyl (C=O) groups excluding carboxylic acids is 2. The summed E-state index contributed by atoms with van der Waals surface area (Å²) in [5, 5.41) is 2.75. The molecule has 0 radical (unpaired) electrons. The predicted octanol–water partition coefficient (Wildman–Crippen LogP) is 1.80. The maximum Gasteiger partial charge on any atom is 0.338 e. The number of morpholine rings is 1. The summed E-state index contributed by atoms with van der Waals surface area (Å²) >= 11 is 0. The molecular formula is C20H30N2O6S. The van der Waals surface area contributed by atoms with Crippen molar-refractivity contribution in [3.63, 3.8) is 0 Å². The van der Waals surface area contributed by atoms with E-state index < -0.39 is 16.0 Å². The van der Waals surface area contributed by atoms with Gasteiger partial charge in [-0.3, -0.25) is 4.79 Å². The van der Waals surface area contributed by atoms with Gasteiger partial charge in [-0.15, -0.1) is 0 Å². The van der Waals surface area contributed by atoms with Gasteiger partial charge < -0.3 is 14.8 Å². The van der Waals surface area contributed by atoms with E-state index in [4.69, 9.17) is 9.47 Å². The highest BCUT2D eigenvalue weighted by Crippen LogP contribution is 2.21. The summed E-state index contributed by atoms with van der Waals surface area (Å²) < 4.78 is 37.6. The third-order valence-corrected chi connectivity index (χ3v) is 6.68. The molecule has 0 aromatic heterocycles. The van der Waals surface area contributed by atoms with Crippen LogP contribution in [0.5, 0.6) is 0 Å². The van der Waals surface area contributed by atoms with Crippen molar-refractivity contribution in [1.82, 2.24) is 9.62 Å². The van der Waals surface area contributed by atoms with Gasteiger partial charge in [-0.05, 0) is 51.0 Å². The summed E-state index contributed by atoms with van der Waals surface area (Å²) in [5.41, 5.74) is 0.178. The van der Waals surface area contributed by atoms with Crippen LogP contribution in [-0.4, -0.2) is 62.5 Å². The number of benzene rings is 1. The van der Waals surface area contributed by atoms with Crippen molar-refractivity contribution in [1.29, 1.82) is 0 Å². The number of nitrogens with zero attached hydrogens (tertiary/aromatic N) is 1. The average Bonchev–Trinajstić information content (AvgIpc) is 2.65. The Hall–Kier alpha value is -1.97. The number of amides is 1. The molecule has 0 spiro atoms. The normalized spacial score (nSPS) is 21.6. The van der Waals surface area contributed by atoms with Crippen molar-refractivity contribution in [2.45, 2.75) is 57.8 Å². The number of hydrogen-bond acceptors (Lipinski definition) is 6. The third-order valence-electron chi connectivity index (χ3n) is 4.84. The SMILES string of the molecule is CC(C)[C@H](C)NC(=O)COC(=O)c1ccc(S(=O)(=O)N2C[C@@H](C)O[C@@H](C)C2)cc1. The lowest BCUT2D eigenvalue weighted by Crippen LogP contribution is -2.48. The number of hydrogen-bond donors (Lipinski definition) is 1. The zero-order valence-electron chi connectivity index (χ0n) is 17.5. The molecule has 1 saturated heterocycles. The smallest absolute Gasteiger partial charge is 0.338 e. The van der Waals surface area contributed by atoms with Crippen LogP contribution in [0, 0.1) is 5.92 Å². The fourth-order valence-electron chi connectivity index (χ4n) is 2.92. The van der Waals surface area contributed by atoms with Crippen molar-refractivity contribution in [3.05, 3.63) is 29.8 Å². The maximum atomic E-state index is 12.8. The highest BCUT2D eigenvalue weighted by molar-refractivity contribution is 7.89. The Morgan fingerprint density at radius 1 is 1.14 bits per heavy atom. The number of carbonyl (C=O) groups is 2. The standard InChI is InChI=1S/C20H30N2O6S/c1-13(2)16(5)21-19(23)12-27-20(24)17-6-8-18(9-7-17)29(25,26)22-10-14(3)28-15(4)11-22/h6-9,13-16H,10-12H2,1-5H3,(H,21,23)/t14-,15+,16-/m0/s1. The molecular weight excluding hydrogens is 396 g/mol. The predicted molar refractivity (Wildman–Crippen MR) is 108 cm³/mol. The molecule has 9 heteroatoms. The first-order valence-corrected chi connectivity index (χ1v) is 11.2. The largest absolute Gasteiger partial charge is 0.452 e. The fraction of sp³-hybridized carbons (Fsp3) is 0.600. The van der Waals surface area contributed by atoms with E-state index in [0.29, 0.717) is 0 Å². The van der Waals surface area contributed by atoms with Gasteiger partial charge in [0.15, 0.2) is 6.61 Å². The quantitative estimate of drug-likeness (QED) is 0.667. The summed E-state index contributed by atoms with van der Waals surface area (Å²) in [6, 6.07) is 5.49. The van der Waals surface area contributed by atoms with Gasteiger partial charge in [0.1, 0.15) is 0 Å². The van der Waals surface area contributed by atoms with E-state index in [-0.39, 0.29) is 60.2 Å². The van der Waals surface area contributed by atoms with Crippen molar-refractivity contribution in [3.8, 4) is 0 Å².